The molecule has 0 saturated heterocycles. The smallest absolute Gasteiger partial charge is 0.171 e. The molecule has 4 aromatic carbocycles. The minimum atomic E-state index is 0. The minimum absolute atomic E-state index is 0. The van der Waals surface area contributed by atoms with Crippen LogP contribution in [0.25, 0.3) is 11.1 Å². The number of hydrogen-bond acceptors (Lipinski definition) is 0. The normalized spacial score (nSPS) is 11.6. The maximum Gasteiger partial charge on any atom is -0.171 e. The molecule has 0 aliphatic heterocycles. The average Bonchev–Trinajstić information content (AvgIpc) is 3.66. The molecule has 0 saturated carbocycles. The largest absolute Gasteiger partial charge is 0.184 e. The van der Waals surface area contributed by atoms with Gasteiger partial charge in [-0.05, 0) is 35.4 Å². The Labute approximate surface area is 306 Å². The average molecular weight is 737 g/mol. The summed E-state index contributed by atoms with van der Waals surface area (Å²) in [5.74, 6) is 0. The van der Waals surface area contributed by atoms with E-state index in [9.17, 15) is 0 Å². The van der Waals surface area contributed by atoms with Crippen LogP contribution in [0.3, 0.4) is 0 Å². The van der Waals surface area contributed by atoms with Crippen LogP contribution in [0.5, 0.6) is 0 Å². The summed E-state index contributed by atoms with van der Waals surface area (Å²) in [6.07, 6.45) is 11.0. The Balaban J connectivity index is 0.000000714. The second-order valence-corrected chi connectivity index (χ2v) is 12.9. The van der Waals surface area contributed by atoms with Crippen molar-refractivity contribution in [2.75, 3.05) is 0 Å². The van der Waals surface area contributed by atoms with Crippen molar-refractivity contribution in [3.63, 3.8) is 0 Å². The molecule has 0 spiro atoms. The van der Waals surface area contributed by atoms with E-state index >= 15 is 0 Å². The number of halogens is 3. The number of fused-ring (bicyclic) bond motifs is 3. The fourth-order valence-electron chi connectivity index (χ4n) is 5.08. The maximum atomic E-state index is 5.51. The van der Waals surface area contributed by atoms with Crippen molar-refractivity contribution in [2.45, 2.75) is 79.1 Å². The maximum absolute atomic E-state index is 5.51. The first-order valence-electron chi connectivity index (χ1n) is 14.7. The number of hydrogen-bond donors (Lipinski definition) is 0. The van der Waals surface area contributed by atoms with E-state index in [1.807, 2.05) is 60.7 Å². The van der Waals surface area contributed by atoms with Gasteiger partial charge in [0.2, 0.25) is 0 Å². The van der Waals surface area contributed by atoms with E-state index in [1.54, 1.807) is 6.07 Å². The minimum Gasteiger partial charge on any atom is -0.184 e. The summed E-state index contributed by atoms with van der Waals surface area (Å²) in [5, 5.41) is 0.738. The van der Waals surface area contributed by atoms with Crippen LogP contribution in [-0.4, -0.2) is 4.21 Å². The molecule has 0 unspecified atom stereocenters. The quantitative estimate of drug-likeness (QED) is 0.139. The van der Waals surface area contributed by atoms with Crippen molar-refractivity contribution in [1.82, 2.24) is 0 Å². The zero-order valence-corrected chi connectivity index (χ0v) is 32.8. The molecule has 4 aromatic rings. The molecule has 2 aliphatic rings. The van der Waals surface area contributed by atoms with Gasteiger partial charge in [-0.15, -0.1) is 47.9 Å². The van der Waals surface area contributed by atoms with Crippen LogP contribution in [0.4, 0.5) is 0 Å². The van der Waals surface area contributed by atoms with Gasteiger partial charge in [0.1, 0.15) is 0 Å². The van der Waals surface area contributed by atoms with E-state index in [-0.39, 0.29) is 35.6 Å². The molecular weight excluding hydrogens is 690 g/mol. The third-order valence-electron chi connectivity index (χ3n) is 6.94. The third-order valence-corrected chi connectivity index (χ3v) is 7.18. The molecule has 0 amide bonds. The number of allylic oxidation sites excluding steroid dienone is 4. The standard InChI is InChI=1S/C23H29.C6H4Cl.C6H5.C5H5.CH2.2ClH.Zr/c1-14-9-16-11-17-10-15(2)21(23(6,7)8)13-19(17)18(16)12-20(14)22(3,4)5;7-6-4-2-1-3-5-6;1-2-4-6-5-3-1;1-2-4-5-3-1;;;;/h9,12-13H,11H2,1-8H3;1-2,4-5H;1-5H;1-3H,4H2;1H2;2*1H;/q4*-1;;;;. The number of aryl methyl sites for hydroxylation is 2. The Morgan fingerprint density at radius 2 is 1.38 bits per heavy atom. The number of benzene rings is 4. The second-order valence-electron chi connectivity index (χ2n) is 12.5. The zero-order valence-electron chi connectivity index (χ0n) is 28.0. The summed E-state index contributed by atoms with van der Waals surface area (Å²) in [6, 6.07) is 33.5. The van der Waals surface area contributed by atoms with Gasteiger partial charge < -0.3 is 0 Å². The van der Waals surface area contributed by atoms with Crippen molar-refractivity contribution in [3.8, 4) is 11.1 Å². The van der Waals surface area contributed by atoms with Crippen LogP contribution in [0.1, 0.15) is 81.3 Å². The fraction of sp³-hybridized carbons (Fsp3) is 0.293. The van der Waals surface area contributed by atoms with E-state index in [0.717, 1.165) is 17.9 Å². The molecule has 45 heavy (non-hydrogen) atoms. The molecule has 240 valence electrons. The van der Waals surface area contributed by atoms with E-state index in [1.165, 1.54) is 68.7 Å². The molecule has 0 bridgehead atoms. The predicted molar refractivity (Wildman–Crippen MR) is 199 cm³/mol. The molecule has 0 heterocycles. The van der Waals surface area contributed by atoms with Crippen molar-refractivity contribution in [3.05, 3.63) is 154 Å². The van der Waals surface area contributed by atoms with Gasteiger partial charge in [-0.1, -0.05) is 76.6 Å². The third kappa shape index (κ3) is 14.1. The SMILES string of the molecule is Cc1[c-]c2c(cc1C(C)(C)C)-c1cc(C(C)(C)C)c(C)cc1C2.Cl.Cl.Clc1c[c-]ccc1.[C-]1=CC=CC1.[CH2]=[Zr].[c-]1ccccc1. The van der Waals surface area contributed by atoms with Gasteiger partial charge in [0, 0.05) is 0 Å². The molecule has 0 fully saturated rings. The van der Waals surface area contributed by atoms with Crippen LogP contribution in [-0.2, 0) is 41.5 Å². The summed E-state index contributed by atoms with van der Waals surface area (Å²) in [4.78, 5) is 0. The van der Waals surface area contributed by atoms with Gasteiger partial charge in [-0.3, -0.25) is 6.08 Å². The molecule has 4 heteroatoms. The van der Waals surface area contributed by atoms with Gasteiger partial charge in [-0.2, -0.15) is 102 Å². The fourth-order valence-corrected chi connectivity index (χ4v) is 5.21. The summed E-state index contributed by atoms with van der Waals surface area (Å²) in [6.45, 7) is 18.2. The molecule has 0 N–H and O–H groups in total. The van der Waals surface area contributed by atoms with Gasteiger partial charge in [0.05, 0.1) is 0 Å². The van der Waals surface area contributed by atoms with Crippen LogP contribution in [0, 0.1) is 38.1 Å². The van der Waals surface area contributed by atoms with Crippen molar-refractivity contribution >= 4 is 40.6 Å². The summed E-state index contributed by atoms with van der Waals surface area (Å²) < 4.78 is 3.34. The van der Waals surface area contributed by atoms with Crippen molar-refractivity contribution < 1.29 is 24.2 Å². The summed E-state index contributed by atoms with van der Waals surface area (Å²) in [7, 11) is 0. The topological polar surface area (TPSA) is 0 Å². The van der Waals surface area contributed by atoms with Crippen LogP contribution in [0.15, 0.2) is 91.0 Å². The van der Waals surface area contributed by atoms with Gasteiger partial charge in [-0.25, -0.2) is 12.2 Å². The summed E-state index contributed by atoms with van der Waals surface area (Å²) >= 11 is 6.81. The molecule has 2 aliphatic carbocycles. The summed E-state index contributed by atoms with van der Waals surface area (Å²) in [5.41, 5.74) is 11.6. The molecule has 0 nitrogen and oxygen atoms in total. The van der Waals surface area contributed by atoms with E-state index in [0.29, 0.717) is 0 Å². The first kappa shape index (κ1) is 43.0. The van der Waals surface area contributed by atoms with Crippen LogP contribution >= 0.6 is 36.4 Å². The Hall–Kier alpha value is -2.02. The van der Waals surface area contributed by atoms with Crippen LogP contribution in [0.2, 0.25) is 5.02 Å². The van der Waals surface area contributed by atoms with E-state index in [2.05, 4.69) is 108 Å². The van der Waals surface area contributed by atoms with E-state index < -0.39 is 0 Å². The molecule has 0 atom stereocenters. The molecule has 0 radical (unpaired) electrons. The molecule has 6 rings (SSSR count). The van der Waals surface area contributed by atoms with Gasteiger partial charge in [0.25, 0.3) is 0 Å². The predicted octanol–water partition coefficient (Wildman–Crippen LogP) is 12.0. The van der Waals surface area contributed by atoms with Crippen molar-refractivity contribution in [1.29, 1.82) is 0 Å². The Bertz CT molecular complexity index is 1370. The monoisotopic (exact) mass is 734 g/mol. The number of rotatable bonds is 0. The van der Waals surface area contributed by atoms with Crippen molar-refractivity contribution in [2.24, 2.45) is 0 Å². The molecular formula is C41H47Cl3Zr-4. The van der Waals surface area contributed by atoms with Gasteiger partial charge >= 0.3 is 28.4 Å². The van der Waals surface area contributed by atoms with Crippen LogP contribution < -0.4 is 0 Å². The Morgan fingerprint density at radius 1 is 0.778 bits per heavy atom. The Morgan fingerprint density at radius 3 is 1.76 bits per heavy atom. The van der Waals surface area contributed by atoms with E-state index in [4.69, 9.17) is 11.6 Å². The Kier molecular flexibility index (Phi) is 20.0. The first-order valence-corrected chi connectivity index (χ1v) is 16.8. The second kappa shape index (κ2) is 21.0. The zero-order chi connectivity index (χ0) is 32.0. The molecule has 0 aromatic heterocycles. The first-order chi connectivity index (χ1) is 20.4. The van der Waals surface area contributed by atoms with Gasteiger partial charge in [0.15, 0.2) is 0 Å².